The maximum Gasteiger partial charge on any atom is 0.123 e. The van der Waals surface area contributed by atoms with E-state index in [2.05, 4.69) is 53.7 Å². The van der Waals surface area contributed by atoms with E-state index in [1.807, 2.05) is 13.8 Å². The van der Waals surface area contributed by atoms with Crippen LogP contribution in [-0.4, -0.2) is 20.4 Å². The molecule has 4 heteroatoms. The van der Waals surface area contributed by atoms with Crippen molar-refractivity contribution in [3.8, 4) is 23.0 Å². The first-order chi connectivity index (χ1) is 19.2. The Morgan fingerprint density at radius 2 is 1.34 bits per heavy atom. The number of aromatic hydroxyl groups is 4. The van der Waals surface area contributed by atoms with Crippen LogP contribution in [0.15, 0.2) is 47.6 Å². The summed E-state index contributed by atoms with van der Waals surface area (Å²) in [5.41, 5.74) is 5.71. The van der Waals surface area contributed by atoms with Gasteiger partial charge in [0.2, 0.25) is 0 Å². The Balaban J connectivity index is 1.65. The number of aryl methyl sites for hydroxylation is 2. The van der Waals surface area contributed by atoms with Crippen LogP contribution in [0.4, 0.5) is 0 Å². The number of hydrogen-bond acceptors (Lipinski definition) is 4. The molecule has 0 bridgehead atoms. The van der Waals surface area contributed by atoms with Crippen LogP contribution in [0.3, 0.4) is 0 Å². The third kappa shape index (κ3) is 6.32. The number of phenols is 4. The van der Waals surface area contributed by atoms with E-state index in [4.69, 9.17) is 0 Å². The third-order valence-electron chi connectivity index (χ3n) is 10.6. The minimum atomic E-state index is -0.125. The summed E-state index contributed by atoms with van der Waals surface area (Å²) in [6.07, 6.45) is 10.7. The first-order valence-corrected chi connectivity index (χ1v) is 15.6. The Kier molecular flexibility index (Phi) is 9.21. The highest BCUT2D eigenvalue weighted by Crippen LogP contribution is 2.57. The predicted molar refractivity (Wildman–Crippen MR) is 169 cm³/mol. The zero-order valence-electron chi connectivity index (χ0n) is 26.5. The molecule has 4 rings (SSSR count). The predicted octanol–water partition coefficient (Wildman–Crippen LogP) is 9.78. The van der Waals surface area contributed by atoms with Crippen molar-refractivity contribution in [3.05, 3.63) is 69.8 Å². The molecular formula is C37H52O4. The minimum absolute atomic E-state index is 0.00425. The van der Waals surface area contributed by atoms with Crippen LogP contribution in [-0.2, 0) is 0 Å². The molecule has 2 aromatic rings. The van der Waals surface area contributed by atoms with Gasteiger partial charge in [-0.2, -0.15) is 0 Å². The fraction of sp³-hybridized carbons (Fsp3) is 0.568. The molecule has 0 radical (unpaired) electrons. The van der Waals surface area contributed by atoms with Gasteiger partial charge in [0.1, 0.15) is 23.0 Å². The highest BCUT2D eigenvalue weighted by Gasteiger charge is 2.45. The van der Waals surface area contributed by atoms with Crippen LogP contribution in [0.25, 0.3) is 0 Å². The summed E-state index contributed by atoms with van der Waals surface area (Å²) < 4.78 is 0. The van der Waals surface area contributed by atoms with Crippen molar-refractivity contribution >= 4 is 0 Å². The highest BCUT2D eigenvalue weighted by molar-refractivity contribution is 5.51. The van der Waals surface area contributed by atoms with Crippen molar-refractivity contribution in [2.75, 3.05) is 0 Å². The SMILES string of the molecule is CC1=C[C@H](C)[C@@H](c2c(O)cc(C)cc2O)[C@](C)([C@@H](C)CCC2=C[C@@H](c3c(O)cc(C)cc3O)[C@H](C(C)C)CC2)CC1. The quantitative estimate of drug-likeness (QED) is 0.254. The molecule has 2 aliphatic carbocycles. The lowest BCUT2D eigenvalue weighted by Crippen LogP contribution is -2.35. The van der Waals surface area contributed by atoms with Crippen LogP contribution in [0.5, 0.6) is 23.0 Å². The first-order valence-electron chi connectivity index (χ1n) is 15.6. The first kappa shape index (κ1) is 31.1. The van der Waals surface area contributed by atoms with Crippen molar-refractivity contribution < 1.29 is 20.4 Å². The van der Waals surface area contributed by atoms with E-state index >= 15 is 0 Å². The van der Waals surface area contributed by atoms with E-state index in [0.29, 0.717) is 28.9 Å². The standard InChI is InChI=1S/C37H52O4/c1-21(2)28-12-11-27(20-29(28)34-30(38)16-23(4)17-31(34)39)10-9-26(7)37(8)14-13-22(3)15-25(6)36(37)35-32(40)18-24(5)19-33(35)41/h15-21,25-26,28-29,36,38-41H,9-14H2,1-8H3/t25-,26-,28-,29+,36-,37-/m0/s1. The van der Waals surface area contributed by atoms with Crippen molar-refractivity contribution in [1.29, 1.82) is 0 Å². The van der Waals surface area contributed by atoms with Crippen LogP contribution < -0.4 is 0 Å². The highest BCUT2D eigenvalue weighted by atomic mass is 16.3. The van der Waals surface area contributed by atoms with Gasteiger partial charge < -0.3 is 20.4 Å². The van der Waals surface area contributed by atoms with E-state index in [9.17, 15) is 20.4 Å². The fourth-order valence-electron chi connectivity index (χ4n) is 8.15. The normalized spacial score (nSPS) is 27.7. The van der Waals surface area contributed by atoms with Gasteiger partial charge >= 0.3 is 0 Å². The number of allylic oxidation sites excluding steroid dienone is 4. The van der Waals surface area contributed by atoms with Crippen LogP contribution in [0, 0.1) is 42.9 Å². The van der Waals surface area contributed by atoms with Gasteiger partial charge in [-0.15, -0.1) is 0 Å². The molecule has 0 spiro atoms. The molecule has 0 amide bonds. The summed E-state index contributed by atoms with van der Waals surface area (Å²) in [6, 6.07) is 7.08. The van der Waals surface area contributed by atoms with Gasteiger partial charge in [-0.25, -0.2) is 0 Å². The van der Waals surface area contributed by atoms with Crippen molar-refractivity contribution in [2.45, 2.75) is 106 Å². The smallest absolute Gasteiger partial charge is 0.123 e. The topological polar surface area (TPSA) is 80.9 Å². The summed E-state index contributed by atoms with van der Waals surface area (Å²) >= 11 is 0. The lowest BCUT2D eigenvalue weighted by Gasteiger charge is -2.45. The molecule has 41 heavy (non-hydrogen) atoms. The average molecular weight is 561 g/mol. The minimum Gasteiger partial charge on any atom is -0.508 e. The van der Waals surface area contributed by atoms with E-state index in [0.717, 1.165) is 49.7 Å². The van der Waals surface area contributed by atoms with E-state index < -0.39 is 0 Å². The van der Waals surface area contributed by atoms with Gasteiger partial charge in [0.05, 0.1) is 0 Å². The van der Waals surface area contributed by atoms with Gasteiger partial charge in [0, 0.05) is 23.0 Å². The Morgan fingerprint density at radius 1 is 0.805 bits per heavy atom. The van der Waals surface area contributed by atoms with Crippen LogP contribution in [0.2, 0.25) is 0 Å². The van der Waals surface area contributed by atoms with Crippen LogP contribution >= 0.6 is 0 Å². The molecule has 6 atom stereocenters. The fourth-order valence-corrected chi connectivity index (χ4v) is 8.15. The summed E-state index contributed by atoms with van der Waals surface area (Å²) in [5, 5.41) is 43.9. The summed E-state index contributed by atoms with van der Waals surface area (Å²) in [6.45, 7) is 17.4. The molecule has 0 fully saturated rings. The molecule has 0 saturated heterocycles. The Bertz CT molecular complexity index is 1270. The Hall–Kier alpha value is -2.88. The second-order valence-corrected chi connectivity index (χ2v) is 14.0. The molecule has 0 unspecified atom stereocenters. The zero-order valence-corrected chi connectivity index (χ0v) is 26.5. The maximum absolute atomic E-state index is 11.1. The summed E-state index contributed by atoms with van der Waals surface area (Å²) in [5.74, 6) is 2.08. The summed E-state index contributed by atoms with van der Waals surface area (Å²) in [7, 11) is 0. The second kappa shape index (κ2) is 12.2. The van der Waals surface area contributed by atoms with E-state index in [1.165, 1.54) is 11.1 Å². The second-order valence-electron chi connectivity index (χ2n) is 14.0. The molecule has 4 nitrogen and oxygen atoms in total. The van der Waals surface area contributed by atoms with Crippen molar-refractivity contribution in [2.24, 2.45) is 29.1 Å². The van der Waals surface area contributed by atoms with Gasteiger partial charge in [-0.05, 0) is 124 Å². The molecule has 0 heterocycles. The number of phenolic OH excluding ortho intramolecular Hbond substituents is 4. The van der Waals surface area contributed by atoms with Gasteiger partial charge in [-0.1, -0.05) is 57.9 Å². The molecule has 0 aliphatic heterocycles. The van der Waals surface area contributed by atoms with Crippen molar-refractivity contribution in [1.82, 2.24) is 0 Å². The van der Waals surface area contributed by atoms with E-state index in [-0.39, 0.29) is 46.2 Å². The molecule has 2 aromatic carbocycles. The lowest BCUT2D eigenvalue weighted by molar-refractivity contribution is 0.110. The van der Waals surface area contributed by atoms with Gasteiger partial charge in [-0.3, -0.25) is 0 Å². The maximum atomic E-state index is 11.1. The molecule has 2 aliphatic rings. The lowest BCUT2D eigenvalue weighted by atomic mass is 9.59. The molecule has 4 N–H and O–H groups in total. The van der Waals surface area contributed by atoms with Gasteiger partial charge in [0.15, 0.2) is 0 Å². The van der Waals surface area contributed by atoms with Gasteiger partial charge in [0.25, 0.3) is 0 Å². The Labute approximate surface area is 247 Å². The summed E-state index contributed by atoms with van der Waals surface area (Å²) in [4.78, 5) is 0. The van der Waals surface area contributed by atoms with Crippen LogP contribution in [0.1, 0.15) is 114 Å². The average Bonchev–Trinajstić information content (AvgIpc) is 2.97. The van der Waals surface area contributed by atoms with E-state index in [1.54, 1.807) is 24.3 Å². The molecular weight excluding hydrogens is 508 g/mol. The number of benzene rings is 2. The molecule has 0 aromatic heterocycles. The Morgan fingerprint density at radius 3 is 1.88 bits per heavy atom. The van der Waals surface area contributed by atoms with Crippen molar-refractivity contribution in [3.63, 3.8) is 0 Å². The zero-order chi connectivity index (χ0) is 30.2. The largest absolute Gasteiger partial charge is 0.508 e. The number of hydrogen-bond donors (Lipinski definition) is 4. The number of rotatable bonds is 7. The molecule has 0 saturated carbocycles. The monoisotopic (exact) mass is 560 g/mol. The third-order valence-corrected chi connectivity index (χ3v) is 10.6. The molecule has 224 valence electrons.